The van der Waals surface area contributed by atoms with Gasteiger partial charge in [0.25, 0.3) is 0 Å². The number of rotatable bonds is 6. The van der Waals surface area contributed by atoms with Crippen LogP contribution in [0.15, 0.2) is 24.3 Å². The fourth-order valence-electron chi connectivity index (χ4n) is 2.73. The molecule has 112 valence electrons. The molecule has 1 atom stereocenters. The van der Waals surface area contributed by atoms with Crippen LogP contribution in [0.5, 0.6) is 0 Å². The maximum atomic E-state index is 12.9. The number of halogens is 1. The van der Waals surface area contributed by atoms with Crippen molar-refractivity contribution in [1.82, 2.24) is 4.90 Å². The first-order valence-electron chi connectivity index (χ1n) is 7.67. The molecule has 0 bridgehead atoms. The molecular weight excluding hydrogens is 253 g/mol. The quantitative estimate of drug-likeness (QED) is 0.868. The summed E-state index contributed by atoms with van der Waals surface area (Å²) in [5.41, 5.74) is 7.27. The van der Waals surface area contributed by atoms with E-state index in [1.54, 1.807) is 0 Å². The molecule has 1 aliphatic rings. The first kappa shape index (κ1) is 15.3. The highest BCUT2D eigenvalue weighted by Crippen LogP contribution is 2.17. The molecule has 1 heterocycles. The van der Waals surface area contributed by atoms with Gasteiger partial charge in [0.15, 0.2) is 0 Å². The first-order valence-corrected chi connectivity index (χ1v) is 7.67. The fraction of sp³-hybridized carbons (Fsp3) is 0.625. The lowest BCUT2D eigenvalue weighted by Crippen LogP contribution is -2.49. The van der Waals surface area contributed by atoms with Crippen molar-refractivity contribution < 1.29 is 4.39 Å². The molecule has 0 spiro atoms. The van der Waals surface area contributed by atoms with E-state index in [2.05, 4.69) is 16.7 Å². The molecule has 20 heavy (non-hydrogen) atoms. The first-order chi connectivity index (χ1) is 9.69. The Balaban J connectivity index is 1.76. The van der Waals surface area contributed by atoms with Crippen molar-refractivity contribution in [2.24, 2.45) is 5.73 Å². The molecule has 1 aromatic rings. The molecule has 1 fully saturated rings. The van der Waals surface area contributed by atoms with Crippen LogP contribution in [0.3, 0.4) is 0 Å². The average Bonchev–Trinajstić information content (AvgIpc) is 2.47. The van der Waals surface area contributed by atoms with Crippen LogP contribution in [0.2, 0.25) is 0 Å². The molecule has 2 rings (SSSR count). The number of piperazine rings is 1. The summed E-state index contributed by atoms with van der Waals surface area (Å²) in [5, 5.41) is 0. The monoisotopic (exact) mass is 279 g/mol. The zero-order valence-electron chi connectivity index (χ0n) is 12.4. The highest BCUT2D eigenvalue weighted by atomic mass is 19.1. The van der Waals surface area contributed by atoms with Crippen LogP contribution >= 0.6 is 0 Å². The number of nitrogens with two attached hydrogens (primary N) is 1. The van der Waals surface area contributed by atoms with Crippen LogP contribution in [-0.4, -0.2) is 43.7 Å². The van der Waals surface area contributed by atoms with Crippen molar-refractivity contribution >= 4 is 5.69 Å². The highest BCUT2D eigenvalue weighted by Gasteiger charge is 2.18. The minimum absolute atomic E-state index is 0.172. The van der Waals surface area contributed by atoms with Gasteiger partial charge in [0.1, 0.15) is 5.82 Å². The fourth-order valence-corrected chi connectivity index (χ4v) is 2.73. The van der Waals surface area contributed by atoms with Gasteiger partial charge < -0.3 is 10.6 Å². The number of benzene rings is 1. The van der Waals surface area contributed by atoms with E-state index in [0.717, 1.165) is 44.8 Å². The predicted octanol–water partition coefficient (Wildman–Crippen LogP) is 2.47. The van der Waals surface area contributed by atoms with Gasteiger partial charge in [-0.1, -0.05) is 19.8 Å². The van der Waals surface area contributed by atoms with Crippen LogP contribution < -0.4 is 10.6 Å². The summed E-state index contributed by atoms with van der Waals surface area (Å²) in [5.74, 6) is -0.172. The topological polar surface area (TPSA) is 32.5 Å². The van der Waals surface area contributed by atoms with Crippen LogP contribution in [0.4, 0.5) is 10.1 Å². The number of unbranched alkanes of at least 4 members (excludes halogenated alkanes) is 1. The number of nitrogens with zero attached hydrogens (tertiary/aromatic N) is 2. The van der Waals surface area contributed by atoms with E-state index in [4.69, 9.17) is 5.73 Å². The number of hydrogen-bond donors (Lipinski definition) is 1. The smallest absolute Gasteiger partial charge is 0.123 e. The van der Waals surface area contributed by atoms with E-state index in [-0.39, 0.29) is 5.82 Å². The van der Waals surface area contributed by atoms with Crippen molar-refractivity contribution in [2.75, 3.05) is 37.6 Å². The standard InChI is InChI=1S/C16H26FN3/c1-2-3-4-15(18)13-19-9-11-20(12-10-19)16-7-5-14(17)6-8-16/h5-8,15H,2-4,9-13,18H2,1H3. The molecule has 0 amide bonds. The van der Waals surface area contributed by atoms with Gasteiger partial charge in [0.2, 0.25) is 0 Å². The molecule has 4 heteroatoms. The third-order valence-corrected chi connectivity index (χ3v) is 3.99. The minimum Gasteiger partial charge on any atom is -0.369 e. The Morgan fingerprint density at radius 1 is 1.15 bits per heavy atom. The van der Waals surface area contributed by atoms with Gasteiger partial charge in [0.05, 0.1) is 0 Å². The second-order valence-corrected chi connectivity index (χ2v) is 5.67. The molecule has 1 saturated heterocycles. The SMILES string of the molecule is CCCCC(N)CN1CCN(c2ccc(F)cc2)CC1. The summed E-state index contributed by atoms with van der Waals surface area (Å²) in [6.07, 6.45) is 3.55. The maximum absolute atomic E-state index is 12.9. The zero-order chi connectivity index (χ0) is 14.4. The Kier molecular flexibility index (Phi) is 5.80. The van der Waals surface area contributed by atoms with Gasteiger partial charge in [0, 0.05) is 44.5 Å². The summed E-state index contributed by atoms with van der Waals surface area (Å²) in [4.78, 5) is 4.76. The van der Waals surface area contributed by atoms with E-state index < -0.39 is 0 Å². The molecule has 1 aromatic carbocycles. The molecule has 1 aliphatic heterocycles. The maximum Gasteiger partial charge on any atom is 0.123 e. The van der Waals surface area contributed by atoms with Crippen molar-refractivity contribution in [2.45, 2.75) is 32.2 Å². The summed E-state index contributed by atoms with van der Waals surface area (Å²) >= 11 is 0. The van der Waals surface area contributed by atoms with Crippen LogP contribution in [0.1, 0.15) is 26.2 Å². The zero-order valence-corrected chi connectivity index (χ0v) is 12.4. The van der Waals surface area contributed by atoms with Gasteiger partial charge in [-0.25, -0.2) is 4.39 Å². The summed E-state index contributed by atoms with van der Waals surface area (Å²) in [7, 11) is 0. The molecule has 1 unspecified atom stereocenters. The lowest BCUT2D eigenvalue weighted by atomic mass is 10.1. The minimum atomic E-state index is -0.172. The van der Waals surface area contributed by atoms with E-state index >= 15 is 0 Å². The van der Waals surface area contributed by atoms with E-state index in [1.807, 2.05) is 12.1 Å². The van der Waals surface area contributed by atoms with Crippen molar-refractivity contribution in [3.63, 3.8) is 0 Å². The second-order valence-electron chi connectivity index (χ2n) is 5.67. The summed E-state index contributed by atoms with van der Waals surface area (Å²) in [6.45, 7) is 7.26. The van der Waals surface area contributed by atoms with E-state index in [9.17, 15) is 4.39 Å². The Morgan fingerprint density at radius 2 is 1.80 bits per heavy atom. The average molecular weight is 279 g/mol. The third kappa shape index (κ3) is 4.46. The van der Waals surface area contributed by atoms with Crippen molar-refractivity contribution in [3.8, 4) is 0 Å². The van der Waals surface area contributed by atoms with E-state index in [0.29, 0.717) is 6.04 Å². The largest absolute Gasteiger partial charge is 0.369 e. The van der Waals surface area contributed by atoms with Gasteiger partial charge in [-0.2, -0.15) is 0 Å². The summed E-state index contributed by atoms with van der Waals surface area (Å²) in [6, 6.07) is 7.08. The Bertz CT molecular complexity index is 385. The lowest BCUT2D eigenvalue weighted by Gasteiger charge is -2.37. The molecule has 3 nitrogen and oxygen atoms in total. The molecular formula is C16H26FN3. The Labute approximate surface area is 121 Å². The van der Waals surface area contributed by atoms with Gasteiger partial charge >= 0.3 is 0 Å². The highest BCUT2D eigenvalue weighted by molar-refractivity contribution is 5.46. The predicted molar refractivity (Wildman–Crippen MR) is 82.6 cm³/mol. The number of hydrogen-bond acceptors (Lipinski definition) is 3. The van der Waals surface area contributed by atoms with Gasteiger partial charge in [-0.3, -0.25) is 4.90 Å². The molecule has 0 aliphatic carbocycles. The third-order valence-electron chi connectivity index (χ3n) is 3.99. The lowest BCUT2D eigenvalue weighted by molar-refractivity contribution is 0.238. The van der Waals surface area contributed by atoms with Crippen LogP contribution in [0, 0.1) is 5.82 Å². The molecule has 2 N–H and O–H groups in total. The Morgan fingerprint density at radius 3 is 2.40 bits per heavy atom. The summed E-state index contributed by atoms with van der Waals surface area (Å²) < 4.78 is 12.9. The van der Waals surface area contributed by atoms with Crippen LogP contribution in [-0.2, 0) is 0 Å². The normalized spacial score (nSPS) is 18.2. The van der Waals surface area contributed by atoms with Gasteiger partial charge in [-0.05, 0) is 30.7 Å². The van der Waals surface area contributed by atoms with E-state index in [1.165, 1.54) is 25.0 Å². The van der Waals surface area contributed by atoms with Crippen molar-refractivity contribution in [3.05, 3.63) is 30.1 Å². The molecule has 0 saturated carbocycles. The van der Waals surface area contributed by atoms with Crippen molar-refractivity contribution in [1.29, 1.82) is 0 Å². The number of anilines is 1. The molecule has 0 radical (unpaired) electrons. The van der Waals surface area contributed by atoms with Crippen LogP contribution in [0.25, 0.3) is 0 Å². The van der Waals surface area contributed by atoms with Gasteiger partial charge in [-0.15, -0.1) is 0 Å². The Hall–Kier alpha value is -1.13. The molecule has 0 aromatic heterocycles. The second kappa shape index (κ2) is 7.60.